The second-order valence-electron chi connectivity index (χ2n) is 3.77. The van der Waals surface area contributed by atoms with E-state index >= 15 is 0 Å². The molecule has 0 aliphatic carbocycles. The molecule has 96 valence electrons. The van der Waals surface area contributed by atoms with Gasteiger partial charge in [0.15, 0.2) is 0 Å². The van der Waals surface area contributed by atoms with Gasteiger partial charge in [-0.3, -0.25) is 0 Å². The van der Waals surface area contributed by atoms with Crippen molar-refractivity contribution in [1.82, 2.24) is 9.97 Å². The van der Waals surface area contributed by atoms with Crippen molar-refractivity contribution >= 4 is 33.5 Å². The van der Waals surface area contributed by atoms with Gasteiger partial charge in [0.2, 0.25) is 0 Å². The van der Waals surface area contributed by atoms with Crippen LogP contribution < -0.4 is 4.90 Å². The number of aromatic nitrogens is 2. The Kier molecular flexibility index (Phi) is 6.89. The van der Waals surface area contributed by atoms with Crippen molar-refractivity contribution in [3.63, 3.8) is 0 Å². The number of alkyl halides is 1. The van der Waals surface area contributed by atoms with Crippen LogP contribution in [0.5, 0.6) is 0 Å². The molecule has 0 atom stereocenters. The third-order valence-corrected chi connectivity index (χ3v) is 3.84. The molecule has 1 aromatic rings. The zero-order valence-corrected chi connectivity index (χ0v) is 13.1. The van der Waals surface area contributed by atoms with Gasteiger partial charge in [-0.2, -0.15) is 0 Å². The Bertz CT molecular complexity index is 331. The first-order valence-corrected chi connectivity index (χ1v) is 8.30. The van der Waals surface area contributed by atoms with Crippen LogP contribution in [0.15, 0.2) is 17.4 Å². The SMILES string of the molecule is CCC(CC)N(CCBr)c1cc(SC)ncn1. The van der Waals surface area contributed by atoms with Gasteiger partial charge in [-0.15, -0.1) is 11.8 Å². The van der Waals surface area contributed by atoms with Gasteiger partial charge in [-0.1, -0.05) is 29.8 Å². The number of hydrogen-bond donors (Lipinski definition) is 0. The highest BCUT2D eigenvalue weighted by Crippen LogP contribution is 2.21. The molecule has 0 saturated heterocycles. The molecule has 0 aliphatic rings. The van der Waals surface area contributed by atoms with E-state index in [9.17, 15) is 0 Å². The van der Waals surface area contributed by atoms with Crippen molar-refractivity contribution in [3.05, 3.63) is 12.4 Å². The lowest BCUT2D eigenvalue weighted by Gasteiger charge is -2.31. The molecule has 0 spiro atoms. The van der Waals surface area contributed by atoms with Crippen molar-refractivity contribution in [1.29, 1.82) is 0 Å². The van der Waals surface area contributed by atoms with E-state index in [0.29, 0.717) is 6.04 Å². The number of nitrogens with zero attached hydrogens (tertiary/aromatic N) is 3. The monoisotopic (exact) mass is 317 g/mol. The molecule has 0 fully saturated rings. The van der Waals surface area contributed by atoms with Crippen LogP contribution in [0.25, 0.3) is 0 Å². The summed E-state index contributed by atoms with van der Waals surface area (Å²) in [6.07, 6.45) is 5.98. The topological polar surface area (TPSA) is 29.0 Å². The zero-order chi connectivity index (χ0) is 12.7. The highest BCUT2D eigenvalue weighted by Gasteiger charge is 2.16. The van der Waals surface area contributed by atoms with Crippen LogP contribution in [0.4, 0.5) is 5.82 Å². The Morgan fingerprint density at radius 3 is 2.59 bits per heavy atom. The minimum atomic E-state index is 0.553. The highest BCUT2D eigenvalue weighted by atomic mass is 79.9. The van der Waals surface area contributed by atoms with Crippen molar-refractivity contribution in [2.24, 2.45) is 0 Å². The average Bonchev–Trinajstić information content (AvgIpc) is 2.39. The second kappa shape index (κ2) is 7.93. The average molecular weight is 318 g/mol. The molecule has 1 aromatic heterocycles. The molecule has 0 aliphatic heterocycles. The molecule has 0 amide bonds. The Hall–Kier alpha value is -0.290. The summed E-state index contributed by atoms with van der Waals surface area (Å²) in [5, 5.41) is 1.99. The van der Waals surface area contributed by atoms with Gasteiger partial charge >= 0.3 is 0 Å². The van der Waals surface area contributed by atoms with E-state index in [-0.39, 0.29) is 0 Å². The van der Waals surface area contributed by atoms with Crippen molar-refractivity contribution in [2.45, 2.75) is 37.8 Å². The molecule has 0 bridgehead atoms. The van der Waals surface area contributed by atoms with E-state index in [4.69, 9.17) is 0 Å². The smallest absolute Gasteiger partial charge is 0.133 e. The fourth-order valence-electron chi connectivity index (χ4n) is 1.90. The molecule has 0 saturated carbocycles. The first-order chi connectivity index (χ1) is 8.26. The summed E-state index contributed by atoms with van der Waals surface area (Å²) in [5.74, 6) is 1.04. The third kappa shape index (κ3) is 4.14. The van der Waals surface area contributed by atoms with Crippen LogP contribution in [0.3, 0.4) is 0 Å². The van der Waals surface area contributed by atoms with Gasteiger partial charge in [0.05, 0.1) is 0 Å². The standard InChI is InChI=1S/C12H20BrN3S/c1-4-10(5-2)16(7-6-13)11-8-12(17-3)15-9-14-11/h8-10H,4-7H2,1-3H3. The minimum Gasteiger partial charge on any atom is -0.353 e. The van der Waals surface area contributed by atoms with E-state index in [1.54, 1.807) is 18.1 Å². The van der Waals surface area contributed by atoms with Gasteiger partial charge < -0.3 is 4.90 Å². The van der Waals surface area contributed by atoms with E-state index < -0.39 is 0 Å². The summed E-state index contributed by atoms with van der Waals surface area (Å²) in [5.41, 5.74) is 0. The first kappa shape index (κ1) is 14.8. The molecule has 1 rings (SSSR count). The van der Waals surface area contributed by atoms with Crippen LogP contribution in [0, 0.1) is 0 Å². The third-order valence-electron chi connectivity index (χ3n) is 2.84. The molecule has 0 unspecified atom stereocenters. The first-order valence-electron chi connectivity index (χ1n) is 5.95. The maximum atomic E-state index is 4.40. The van der Waals surface area contributed by atoms with Crippen LogP contribution in [-0.4, -0.2) is 34.1 Å². The number of thioether (sulfide) groups is 1. The summed E-state index contributed by atoms with van der Waals surface area (Å²) >= 11 is 5.18. The highest BCUT2D eigenvalue weighted by molar-refractivity contribution is 9.09. The van der Waals surface area contributed by atoms with Crippen LogP contribution >= 0.6 is 27.7 Å². The van der Waals surface area contributed by atoms with E-state index in [1.807, 2.05) is 6.26 Å². The lowest BCUT2D eigenvalue weighted by atomic mass is 10.1. The van der Waals surface area contributed by atoms with Gasteiger partial charge in [0.25, 0.3) is 0 Å². The quantitative estimate of drug-likeness (QED) is 0.436. The molecular formula is C12H20BrN3S. The van der Waals surface area contributed by atoms with E-state index in [1.165, 1.54) is 0 Å². The van der Waals surface area contributed by atoms with E-state index in [2.05, 4.69) is 50.7 Å². The fourth-order valence-corrected chi connectivity index (χ4v) is 2.66. The predicted octanol–water partition coefficient (Wildman–Crippen LogP) is 3.59. The number of anilines is 1. The predicted molar refractivity (Wildman–Crippen MR) is 79.3 cm³/mol. The summed E-state index contributed by atoms with van der Waals surface area (Å²) in [7, 11) is 0. The largest absolute Gasteiger partial charge is 0.353 e. The summed E-state index contributed by atoms with van der Waals surface area (Å²) in [6, 6.07) is 2.63. The van der Waals surface area contributed by atoms with Crippen LogP contribution in [0.1, 0.15) is 26.7 Å². The number of rotatable bonds is 7. The molecular weight excluding hydrogens is 298 g/mol. The summed E-state index contributed by atoms with van der Waals surface area (Å²) < 4.78 is 0. The Balaban J connectivity index is 2.94. The molecule has 0 radical (unpaired) electrons. The zero-order valence-electron chi connectivity index (χ0n) is 10.7. The van der Waals surface area contributed by atoms with Gasteiger partial charge in [-0.25, -0.2) is 9.97 Å². The Morgan fingerprint density at radius 1 is 1.35 bits per heavy atom. The molecule has 3 nitrogen and oxygen atoms in total. The minimum absolute atomic E-state index is 0.553. The lowest BCUT2D eigenvalue weighted by Crippen LogP contribution is -2.36. The summed E-state index contributed by atoms with van der Waals surface area (Å²) in [4.78, 5) is 11.0. The van der Waals surface area contributed by atoms with Gasteiger partial charge in [0, 0.05) is 24.0 Å². The van der Waals surface area contributed by atoms with Gasteiger partial charge in [-0.05, 0) is 19.1 Å². The Labute approximate surface area is 117 Å². The summed E-state index contributed by atoms with van der Waals surface area (Å²) in [6.45, 7) is 5.44. The van der Waals surface area contributed by atoms with Crippen LogP contribution in [-0.2, 0) is 0 Å². The Morgan fingerprint density at radius 2 is 2.06 bits per heavy atom. The number of halogens is 1. The number of hydrogen-bond acceptors (Lipinski definition) is 4. The molecule has 0 N–H and O–H groups in total. The van der Waals surface area contributed by atoms with Crippen molar-refractivity contribution < 1.29 is 0 Å². The van der Waals surface area contributed by atoms with Crippen LogP contribution in [0.2, 0.25) is 0 Å². The normalized spacial score (nSPS) is 10.9. The second-order valence-corrected chi connectivity index (χ2v) is 5.39. The maximum absolute atomic E-state index is 4.40. The van der Waals surface area contributed by atoms with Crippen molar-refractivity contribution in [3.8, 4) is 0 Å². The van der Waals surface area contributed by atoms with Crippen molar-refractivity contribution in [2.75, 3.05) is 23.0 Å². The maximum Gasteiger partial charge on any atom is 0.133 e. The molecule has 1 heterocycles. The molecule has 5 heteroatoms. The fraction of sp³-hybridized carbons (Fsp3) is 0.667. The lowest BCUT2D eigenvalue weighted by molar-refractivity contribution is 0.562. The molecule has 17 heavy (non-hydrogen) atoms. The van der Waals surface area contributed by atoms with Gasteiger partial charge in [0.1, 0.15) is 17.2 Å². The molecule has 0 aromatic carbocycles. The van der Waals surface area contributed by atoms with E-state index in [0.717, 1.165) is 35.6 Å².